The van der Waals surface area contributed by atoms with Crippen molar-refractivity contribution in [2.24, 2.45) is 0 Å². The summed E-state index contributed by atoms with van der Waals surface area (Å²) in [4.78, 5) is 16.2. The maximum Gasteiger partial charge on any atom is 0.316 e. The average molecular weight is 241 g/mol. The van der Waals surface area contributed by atoms with Gasteiger partial charge in [0.2, 0.25) is 0 Å². The van der Waals surface area contributed by atoms with E-state index in [1.54, 1.807) is 0 Å². The lowest BCUT2D eigenvalue weighted by Crippen LogP contribution is -2.21. The number of pyridine rings is 1. The fourth-order valence-corrected chi connectivity index (χ4v) is 2.47. The molecule has 0 radical (unpaired) electrons. The predicted molar refractivity (Wildman–Crippen MR) is 69.4 cm³/mol. The van der Waals surface area contributed by atoms with Crippen molar-refractivity contribution in [3.05, 3.63) is 41.6 Å². The largest absolute Gasteiger partial charge is 0.468 e. The fraction of sp³-hybridized carbons (Fsp3) is 0.333. The number of carbonyl (C=O) groups excluding carboxylic acids is 1. The van der Waals surface area contributed by atoms with Gasteiger partial charge in [-0.1, -0.05) is 6.07 Å². The number of esters is 1. The van der Waals surface area contributed by atoms with E-state index in [2.05, 4.69) is 17.1 Å². The molecule has 1 aromatic heterocycles. The number of carbonyl (C=O) groups is 1. The van der Waals surface area contributed by atoms with Gasteiger partial charge in [0.1, 0.15) is 0 Å². The lowest BCUT2D eigenvalue weighted by molar-refractivity contribution is -0.143. The summed E-state index contributed by atoms with van der Waals surface area (Å²) in [5.41, 5.74) is 2.74. The van der Waals surface area contributed by atoms with Crippen LogP contribution in [0.1, 0.15) is 24.0 Å². The van der Waals surface area contributed by atoms with Crippen LogP contribution in [0.15, 0.2) is 30.5 Å². The summed E-state index contributed by atoms with van der Waals surface area (Å²) in [6.45, 7) is 2.02. The summed E-state index contributed by atoms with van der Waals surface area (Å²) in [5.74, 6) is -0.123. The van der Waals surface area contributed by atoms with Crippen LogP contribution < -0.4 is 0 Å². The molecule has 2 aromatic rings. The average Bonchev–Trinajstić information content (AvgIpc) is 3.18. The van der Waals surface area contributed by atoms with E-state index >= 15 is 0 Å². The second-order valence-electron chi connectivity index (χ2n) is 4.99. The standard InChI is InChI=1S/C15H15NO2/c1-10-7-11-8-12(3-4-13(11)16-9-10)15(5-6-15)14(17)18-2/h3-4,7-9H,5-6H2,1-2H3. The number of aryl methyl sites for hydroxylation is 1. The van der Waals surface area contributed by atoms with Gasteiger partial charge in [0.15, 0.2) is 0 Å². The van der Waals surface area contributed by atoms with Gasteiger partial charge >= 0.3 is 5.97 Å². The third-order valence-electron chi connectivity index (χ3n) is 3.70. The number of methoxy groups -OCH3 is 1. The van der Waals surface area contributed by atoms with Crippen molar-refractivity contribution in [3.63, 3.8) is 0 Å². The Morgan fingerprint density at radius 2 is 2.11 bits per heavy atom. The van der Waals surface area contributed by atoms with Crippen molar-refractivity contribution >= 4 is 16.9 Å². The SMILES string of the molecule is COC(=O)C1(c2ccc3ncc(C)cc3c2)CC1. The van der Waals surface area contributed by atoms with Gasteiger partial charge in [-0.15, -0.1) is 0 Å². The van der Waals surface area contributed by atoms with Crippen LogP contribution in [0.2, 0.25) is 0 Å². The molecule has 3 rings (SSSR count). The van der Waals surface area contributed by atoms with E-state index in [0.29, 0.717) is 0 Å². The first-order chi connectivity index (χ1) is 8.65. The minimum atomic E-state index is -0.396. The maximum absolute atomic E-state index is 11.9. The summed E-state index contributed by atoms with van der Waals surface area (Å²) >= 11 is 0. The molecule has 3 heteroatoms. The first kappa shape index (κ1) is 11.2. The van der Waals surface area contributed by atoms with Crippen molar-refractivity contribution in [1.82, 2.24) is 4.98 Å². The number of fused-ring (bicyclic) bond motifs is 1. The third kappa shape index (κ3) is 1.58. The number of nitrogens with zero attached hydrogens (tertiary/aromatic N) is 1. The van der Waals surface area contributed by atoms with E-state index in [1.807, 2.05) is 25.3 Å². The number of hydrogen-bond donors (Lipinski definition) is 0. The monoisotopic (exact) mass is 241 g/mol. The molecule has 1 heterocycles. The smallest absolute Gasteiger partial charge is 0.316 e. The number of benzene rings is 1. The second-order valence-corrected chi connectivity index (χ2v) is 4.99. The number of hydrogen-bond acceptors (Lipinski definition) is 3. The molecule has 1 aromatic carbocycles. The van der Waals surface area contributed by atoms with Crippen LogP contribution in [-0.4, -0.2) is 18.1 Å². The Hall–Kier alpha value is -1.90. The highest BCUT2D eigenvalue weighted by Gasteiger charge is 2.52. The molecule has 18 heavy (non-hydrogen) atoms. The van der Waals surface area contributed by atoms with Gasteiger partial charge < -0.3 is 4.74 Å². The Labute approximate surface area is 106 Å². The highest BCUT2D eigenvalue weighted by atomic mass is 16.5. The normalized spacial score (nSPS) is 16.6. The Balaban J connectivity index is 2.11. The van der Waals surface area contributed by atoms with Gasteiger partial charge in [-0.05, 0) is 49.1 Å². The zero-order chi connectivity index (χ0) is 12.8. The van der Waals surface area contributed by atoms with Crippen molar-refractivity contribution in [3.8, 4) is 0 Å². The topological polar surface area (TPSA) is 39.2 Å². The molecule has 0 atom stereocenters. The highest BCUT2D eigenvalue weighted by Crippen LogP contribution is 2.49. The van der Waals surface area contributed by atoms with Crippen LogP contribution in [-0.2, 0) is 14.9 Å². The molecule has 0 aliphatic heterocycles. The number of aromatic nitrogens is 1. The molecule has 0 saturated heterocycles. The van der Waals surface area contributed by atoms with Crippen LogP contribution >= 0.6 is 0 Å². The van der Waals surface area contributed by atoms with Gasteiger partial charge in [-0.25, -0.2) is 0 Å². The molecule has 1 saturated carbocycles. The van der Waals surface area contributed by atoms with Gasteiger partial charge in [0.05, 0.1) is 18.0 Å². The van der Waals surface area contributed by atoms with Crippen LogP contribution in [0.4, 0.5) is 0 Å². The lowest BCUT2D eigenvalue weighted by atomic mass is 9.94. The first-order valence-corrected chi connectivity index (χ1v) is 6.11. The molecule has 0 bridgehead atoms. The zero-order valence-corrected chi connectivity index (χ0v) is 10.6. The third-order valence-corrected chi connectivity index (χ3v) is 3.70. The molecule has 0 spiro atoms. The Morgan fingerprint density at radius 3 is 2.78 bits per heavy atom. The van der Waals surface area contributed by atoms with Crippen molar-refractivity contribution in [2.75, 3.05) is 7.11 Å². The van der Waals surface area contributed by atoms with Crippen LogP contribution in [0.25, 0.3) is 10.9 Å². The van der Waals surface area contributed by atoms with Gasteiger partial charge in [-0.3, -0.25) is 9.78 Å². The summed E-state index contributed by atoms with van der Waals surface area (Å²) in [5, 5.41) is 1.09. The van der Waals surface area contributed by atoms with E-state index in [0.717, 1.165) is 34.9 Å². The van der Waals surface area contributed by atoms with E-state index in [4.69, 9.17) is 4.74 Å². The van der Waals surface area contributed by atoms with Crippen LogP contribution in [0, 0.1) is 6.92 Å². The summed E-state index contributed by atoms with van der Waals surface area (Å²) in [6, 6.07) is 8.14. The van der Waals surface area contributed by atoms with E-state index < -0.39 is 5.41 Å². The molecule has 92 valence electrons. The van der Waals surface area contributed by atoms with Crippen LogP contribution in [0.3, 0.4) is 0 Å². The van der Waals surface area contributed by atoms with Gasteiger partial charge in [-0.2, -0.15) is 0 Å². The second kappa shape index (κ2) is 3.80. The molecule has 0 N–H and O–H groups in total. The Kier molecular flexibility index (Phi) is 2.37. The molecular weight excluding hydrogens is 226 g/mol. The van der Waals surface area contributed by atoms with Crippen molar-refractivity contribution in [1.29, 1.82) is 0 Å². The summed E-state index contributed by atoms with van der Waals surface area (Å²) in [7, 11) is 1.45. The first-order valence-electron chi connectivity index (χ1n) is 6.11. The van der Waals surface area contributed by atoms with Crippen molar-refractivity contribution in [2.45, 2.75) is 25.2 Å². The fourth-order valence-electron chi connectivity index (χ4n) is 2.47. The maximum atomic E-state index is 11.9. The van der Waals surface area contributed by atoms with Gasteiger partial charge in [0, 0.05) is 11.6 Å². The minimum absolute atomic E-state index is 0.123. The molecule has 1 aliphatic rings. The minimum Gasteiger partial charge on any atom is -0.468 e. The predicted octanol–water partition coefficient (Wildman–Crippen LogP) is 2.75. The molecule has 0 amide bonds. The summed E-state index contributed by atoms with van der Waals surface area (Å²) in [6.07, 6.45) is 3.62. The highest BCUT2D eigenvalue weighted by molar-refractivity contribution is 5.89. The van der Waals surface area contributed by atoms with Crippen molar-refractivity contribution < 1.29 is 9.53 Å². The van der Waals surface area contributed by atoms with E-state index in [9.17, 15) is 4.79 Å². The number of ether oxygens (including phenoxy) is 1. The van der Waals surface area contributed by atoms with E-state index in [-0.39, 0.29) is 5.97 Å². The Bertz CT molecular complexity index is 629. The zero-order valence-electron chi connectivity index (χ0n) is 10.6. The molecular formula is C15H15NO2. The van der Waals surface area contributed by atoms with Gasteiger partial charge in [0.25, 0.3) is 0 Å². The number of rotatable bonds is 2. The molecule has 1 aliphatic carbocycles. The Morgan fingerprint density at radius 1 is 1.33 bits per heavy atom. The van der Waals surface area contributed by atoms with E-state index in [1.165, 1.54) is 7.11 Å². The summed E-state index contributed by atoms with van der Waals surface area (Å²) < 4.78 is 4.91. The quantitative estimate of drug-likeness (QED) is 0.759. The molecule has 3 nitrogen and oxygen atoms in total. The lowest BCUT2D eigenvalue weighted by Gasteiger charge is -2.13. The molecule has 1 fully saturated rings. The molecule has 0 unspecified atom stereocenters. The van der Waals surface area contributed by atoms with Crippen LogP contribution in [0.5, 0.6) is 0 Å².